The summed E-state index contributed by atoms with van der Waals surface area (Å²) >= 11 is 7.06. The van der Waals surface area contributed by atoms with Crippen molar-refractivity contribution in [2.24, 2.45) is 0 Å². The van der Waals surface area contributed by atoms with Crippen molar-refractivity contribution in [1.29, 1.82) is 0 Å². The molecule has 1 aromatic rings. The Morgan fingerprint density at radius 2 is 2.22 bits per heavy atom. The number of nitrogens with zero attached hydrogens (tertiary/aromatic N) is 1. The summed E-state index contributed by atoms with van der Waals surface area (Å²) in [7, 11) is 0. The van der Waals surface area contributed by atoms with Gasteiger partial charge in [0.25, 0.3) is 5.91 Å². The second-order valence-electron chi connectivity index (χ2n) is 3.73. The van der Waals surface area contributed by atoms with E-state index in [1.807, 2.05) is 0 Å². The lowest BCUT2D eigenvalue weighted by molar-refractivity contribution is -0.140. The fourth-order valence-corrected chi connectivity index (χ4v) is 3.02. The Balaban J connectivity index is 2.31. The van der Waals surface area contributed by atoms with E-state index in [2.05, 4.69) is 0 Å². The third-order valence-electron chi connectivity index (χ3n) is 2.61. The van der Waals surface area contributed by atoms with Crippen LogP contribution in [-0.2, 0) is 4.79 Å². The smallest absolute Gasteiger partial charge is 0.327 e. The highest BCUT2D eigenvalue weighted by Gasteiger charge is 2.35. The van der Waals surface area contributed by atoms with E-state index >= 15 is 0 Å². The zero-order valence-electron chi connectivity index (χ0n) is 9.10. The largest absolute Gasteiger partial charge is 0.480 e. The van der Waals surface area contributed by atoms with E-state index in [1.54, 1.807) is 0 Å². The molecule has 1 atom stereocenters. The maximum Gasteiger partial charge on any atom is 0.327 e. The summed E-state index contributed by atoms with van der Waals surface area (Å²) < 4.78 is 13.3. The molecule has 1 amide bonds. The Morgan fingerprint density at radius 3 is 2.89 bits per heavy atom. The van der Waals surface area contributed by atoms with Gasteiger partial charge in [-0.3, -0.25) is 4.79 Å². The molecule has 1 aromatic carbocycles. The van der Waals surface area contributed by atoms with Crippen molar-refractivity contribution in [3.63, 3.8) is 0 Å². The molecule has 1 aliphatic rings. The standard InChI is InChI=1S/C11H9ClFNO3S/c12-9-6(2-1-3-7(9)13)10(15)14-5-18-4-8(14)11(16)17/h1-3,8H,4-5H2,(H,16,17)/t8-/m0/s1. The number of amides is 1. The minimum absolute atomic E-state index is 0.00887. The van der Waals surface area contributed by atoms with Crippen LogP contribution in [0.3, 0.4) is 0 Å². The summed E-state index contributed by atoms with van der Waals surface area (Å²) in [6, 6.07) is 3.01. The molecule has 0 radical (unpaired) electrons. The van der Waals surface area contributed by atoms with Crippen molar-refractivity contribution < 1.29 is 19.1 Å². The number of carbonyl (C=O) groups is 2. The molecule has 0 aliphatic carbocycles. The zero-order chi connectivity index (χ0) is 13.3. The number of rotatable bonds is 2. The highest BCUT2D eigenvalue weighted by molar-refractivity contribution is 7.99. The van der Waals surface area contributed by atoms with E-state index in [1.165, 1.54) is 28.8 Å². The van der Waals surface area contributed by atoms with E-state index in [0.717, 1.165) is 6.07 Å². The van der Waals surface area contributed by atoms with Crippen LogP contribution < -0.4 is 0 Å². The Kier molecular flexibility index (Phi) is 3.77. The molecule has 0 aromatic heterocycles. The third kappa shape index (κ3) is 2.30. The van der Waals surface area contributed by atoms with Crippen LogP contribution in [-0.4, -0.2) is 39.6 Å². The molecule has 2 rings (SSSR count). The average molecular weight is 290 g/mol. The monoisotopic (exact) mass is 289 g/mol. The third-order valence-corrected chi connectivity index (χ3v) is 4.01. The van der Waals surface area contributed by atoms with Crippen molar-refractivity contribution in [2.45, 2.75) is 6.04 Å². The van der Waals surface area contributed by atoms with Crippen LogP contribution in [0.15, 0.2) is 18.2 Å². The van der Waals surface area contributed by atoms with Crippen molar-refractivity contribution in [2.75, 3.05) is 11.6 Å². The maximum absolute atomic E-state index is 13.3. The highest BCUT2D eigenvalue weighted by atomic mass is 35.5. The summed E-state index contributed by atoms with van der Waals surface area (Å²) in [5, 5.41) is 8.71. The van der Waals surface area contributed by atoms with Crippen LogP contribution in [0, 0.1) is 5.82 Å². The van der Waals surface area contributed by atoms with E-state index in [0.29, 0.717) is 5.75 Å². The van der Waals surface area contributed by atoms with Gasteiger partial charge in [0.05, 0.1) is 16.5 Å². The number of aliphatic carboxylic acids is 1. The van der Waals surface area contributed by atoms with E-state index in [-0.39, 0.29) is 16.5 Å². The molecule has 1 heterocycles. The highest BCUT2D eigenvalue weighted by Crippen LogP contribution is 2.27. The minimum atomic E-state index is -1.07. The Bertz CT molecular complexity index is 511. The second kappa shape index (κ2) is 5.16. The molecule has 1 aliphatic heterocycles. The average Bonchev–Trinajstić information content (AvgIpc) is 2.81. The zero-order valence-corrected chi connectivity index (χ0v) is 10.7. The van der Waals surface area contributed by atoms with Gasteiger partial charge in [0.15, 0.2) is 0 Å². The van der Waals surface area contributed by atoms with Gasteiger partial charge in [-0.25, -0.2) is 9.18 Å². The van der Waals surface area contributed by atoms with Gasteiger partial charge in [-0.05, 0) is 12.1 Å². The Hall–Kier alpha value is -1.27. The van der Waals surface area contributed by atoms with Gasteiger partial charge < -0.3 is 10.0 Å². The Labute approximate surface area is 112 Å². The van der Waals surface area contributed by atoms with Crippen LogP contribution in [0.4, 0.5) is 4.39 Å². The van der Waals surface area contributed by atoms with Crippen molar-refractivity contribution in [3.05, 3.63) is 34.6 Å². The molecule has 18 heavy (non-hydrogen) atoms. The lowest BCUT2D eigenvalue weighted by Gasteiger charge is -2.20. The first kappa shape index (κ1) is 13.2. The first-order valence-electron chi connectivity index (χ1n) is 5.08. The normalized spacial score (nSPS) is 19.0. The van der Waals surface area contributed by atoms with Crippen molar-refractivity contribution in [3.8, 4) is 0 Å². The molecule has 0 unspecified atom stereocenters. The van der Waals surface area contributed by atoms with Gasteiger partial charge in [-0.2, -0.15) is 0 Å². The lowest BCUT2D eigenvalue weighted by Crippen LogP contribution is -2.41. The van der Waals surface area contributed by atoms with Crippen LogP contribution in [0.1, 0.15) is 10.4 Å². The summed E-state index contributed by atoms with van der Waals surface area (Å²) in [6.07, 6.45) is 0. The maximum atomic E-state index is 13.3. The second-order valence-corrected chi connectivity index (χ2v) is 5.11. The number of thioether (sulfide) groups is 1. The van der Waals surface area contributed by atoms with Gasteiger partial charge in [0.1, 0.15) is 11.9 Å². The first-order chi connectivity index (χ1) is 8.52. The van der Waals surface area contributed by atoms with E-state index < -0.39 is 23.7 Å². The van der Waals surface area contributed by atoms with Gasteiger partial charge in [0, 0.05) is 5.75 Å². The number of hydrogen-bond donors (Lipinski definition) is 1. The SMILES string of the molecule is O=C(O)[C@@H]1CSCN1C(=O)c1cccc(F)c1Cl. The van der Waals surface area contributed by atoms with Crippen LogP contribution in [0.2, 0.25) is 5.02 Å². The van der Waals surface area contributed by atoms with Crippen molar-refractivity contribution in [1.82, 2.24) is 4.90 Å². The van der Waals surface area contributed by atoms with E-state index in [4.69, 9.17) is 16.7 Å². The molecule has 0 saturated carbocycles. The van der Waals surface area contributed by atoms with Crippen LogP contribution in [0.5, 0.6) is 0 Å². The molecule has 1 fully saturated rings. The Morgan fingerprint density at radius 1 is 1.50 bits per heavy atom. The molecule has 4 nitrogen and oxygen atoms in total. The van der Waals surface area contributed by atoms with E-state index in [9.17, 15) is 14.0 Å². The fraction of sp³-hybridized carbons (Fsp3) is 0.273. The van der Waals surface area contributed by atoms with Crippen molar-refractivity contribution >= 4 is 35.2 Å². The summed E-state index contributed by atoms with van der Waals surface area (Å²) in [4.78, 5) is 24.3. The first-order valence-corrected chi connectivity index (χ1v) is 6.61. The summed E-state index contributed by atoms with van der Waals surface area (Å²) in [5.41, 5.74) is -0.00887. The van der Waals surface area contributed by atoms with Gasteiger partial charge in [-0.15, -0.1) is 11.8 Å². The molecule has 0 bridgehead atoms. The summed E-state index contributed by atoms with van der Waals surface area (Å²) in [6.45, 7) is 0. The molecule has 7 heteroatoms. The lowest BCUT2D eigenvalue weighted by atomic mass is 10.1. The molecular weight excluding hydrogens is 281 g/mol. The quantitative estimate of drug-likeness (QED) is 0.905. The van der Waals surface area contributed by atoms with Gasteiger partial charge >= 0.3 is 5.97 Å². The fourth-order valence-electron chi connectivity index (χ4n) is 1.67. The number of carboxylic acids is 1. The summed E-state index contributed by atoms with van der Waals surface area (Å²) in [5.74, 6) is -1.73. The molecule has 0 spiro atoms. The number of hydrogen-bond acceptors (Lipinski definition) is 3. The molecule has 1 saturated heterocycles. The predicted molar refractivity (Wildman–Crippen MR) is 66.3 cm³/mol. The molecule has 96 valence electrons. The number of benzene rings is 1. The van der Waals surface area contributed by atoms with Crippen LogP contribution in [0.25, 0.3) is 0 Å². The predicted octanol–water partition coefficient (Wildman–Crippen LogP) is 2.08. The number of carbonyl (C=O) groups excluding carboxylic acids is 1. The van der Waals surface area contributed by atoms with Gasteiger partial charge in [-0.1, -0.05) is 17.7 Å². The molecular formula is C11H9ClFNO3S. The van der Waals surface area contributed by atoms with Gasteiger partial charge in [0.2, 0.25) is 0 Å². The molecule has 1 N–H and O–H groups in total. The topological polar surface area (TPSA) is 57.6 Å². The number of halogens is 2. The minimum Gasteiger partial charge on any atom is -0.480 e. The van der Waals surface area contributed by atoms with Crippen LogP contribution >= 0.6 is 23.4 Å². The number of carboxylic acid groups (broad SMARTS) is 1.